The van der Waals surface area contributed by atoms with Gasteiger partial charge >= 0.3 is 11.9 Å². The maximum Gasteiger partial charge on any atom is 0.311 e. The van der Waals surface area contributed by atoms with E-state index in [1.165, 1.54) is 0 Å². The summed E-state index contributed by atoms with van der Waals surface area (Å²) in [5.74, 6) is 0.613. The molecule has 1 heterocycles. The Morgan fingerprint density at radius 2 is 1.91 bits per heavy atom. The molecule has 0 N–H and O–H groups in total. The largest absolute Gasteiger partial charge is 0.493 e. The molecule has 0 spiro atoms. The molecular weight excluding hydrogens is 446 g/mol. The first-order chi connectivity index (χ1) is 15.8. The molecule has 1 aliphatic heterocycles. The third-order valence-corrected chi connectivity index (χ3v) is 8.26. The van der Waals surface area contributed by atoms with Crippen LogP contribution in [0.25, 0.3) is 0 Å². The summed E-state index contributed by atoms with van der Waals surface area (Å²) in [5, 5.41) is 0.618. The minimum atomic E-state index is -0.381. The van der Waals surface area contributed by atoms with Gasteiger partial charge < -0.3 is 23.8 Å². The van der Waals surface area contributed by atoms with Crippen LogP contribution in [0.4, 0.5) is 0 Å². The van der Waals surface area contributed by atoms with Gasteiger partial charge in [0.25, 0.3) is 0 Å². The molecule has 2 fully saturated rings. The normalized spacial score (nSPS) is 30.7. The molecule has 1 saturated heterocycles. The van der Waals surface area contributed by atoms with Crippen molar-refractivity contribution in [3.05, 3.63) is 22.2 Å². The lowest BCUT2D eigenvalue weighted by molar-refractivity contribution is -0.170. The van der Waals surface area contributed by atoms with E-state index >= 15 is 0 Å². The standard InChI is InChI=1S/C25H34ClNO6/c1-6-21(28)32-20-13-25-8-9-27(3)17(15(25)11-18(20)30-4)10-14-16(26)12-19(31-5)24(23(14)25)33-22(29)7-2/h12,15,17-18,20H,6-11,13H2,1-5H3/t15-,17+,18+,20-,25-/m0/s1. The summed E-state index contributed by atoms with van der Waals surface area (Å²) in [4.78, 5) is 27.1. The molecular formula is C25H34ClNO6. The fourth-order valence-electron chi connectivity index (χ4n) is 6.28. The van der Waals surface area contributed by atoms with Crippen LogP contribution in [0, 0.1) is 5.92 Å². The molecule has 4 rings (SSSR count). The molecule has 1 aromatic rings. The van der Waals surface area contributed by atoms with Crippen molar-refractivity contribution in [2.24, 2.45) is 5.92 Å². The number of esters is 2. The first-order valence-corrected chi connectivity index (χ1v) is 12.2. The fraction of sp³-hybridized carbons (Fsp3) is 0.680. The van der Waals surface area contributed by atoms with Gasteiger partial charge in [0, 0.05) is 48.1 Å². The molecule has 182 valence electrons. The molecule has 0 radical (unpaired) electrons. The van der Waals surface area contributed by atoms with Crippen LogP contribution in [0.15, 0.2) is 6.07 Å². The summed E-state index contributed by atoms with van der Waals surface area (Å²) in [6.07, 6.45) is 2.95. The number of carbonyl (C=O) groups excluding carboxylic acids is 2. The van der Waals surface area contributed by atoms with Gasteiger partial charge in [-0.05, 0) is 50.8 Å². The maximum absolute atomic E-state index is 12.4. The van der Waals surface area contributed by atoms with Crippen LogP contribution in [0.1, 0.15) is 57.1 Å². The number of likely N-dealkylation sites (tertiary alicyclic amines) is 1. The maximum atomic E-state index is 12.4. The number of benzene rings is 1. The van der Waals surface area contributed by atoms with E-state index in [1.807, 2.05) is 0 Å². The number of likely N-dealkylation sites (N-methyl/N-ethyl adjacent to an activating group) is 1. The van der Waals surface area contributed by atoms with E-state index < -0.39 is 0 Å². The van der Waals surface area contributed by atoms with Crippen LogP contribution < -0.4 is 9.47 Å². The topological polar surface area (TPSA) is 74.3 Å². The van der Waals surface area contributed by atoms with E-state index in [4.69, 9.17) is 30.5 Å². The van der Waals surface area contributed by atoms with E-state index in [0.717, 1.165) is 36.9 Å². The van der Waals surface area contributed by atoms with Gasteiger partial charge in [0.2, 0.25) is 0 Å². The van der Waals surface area contributed by atoms with Crippen molar-refractivity contribution in [1.82, 2.24) is 4.90 Å². The summed E-state index contributed by atoms with van der Waals surface area (Å²) in [6.45, 7) is 4.46. The quantitative estimate of drug-likeness (QED) is 0.452. The Morgan fingerprint density at radius 3 is 2.55 bits per heavy atom. The van der Waals surface area contributed by atoms with Gasteiger partial charge in [-0.15, -0.1) is 0 Å². The Kier molecular flexibility index (Phi) is 6.95. The first-order valence-electron chi connectivity index (χ1n) is 11.8. The molecule has 2 bridgehead atoms. The molecule has 2 aliphatic carbocycles. The summed E-state index contributed by atoms with van der Waals surface area (Å²) in [7, 11) is 5.39. The van der Waals surface area contributed by atoms with Crippen LogP contribution >= 0.6 is 11.6 Å². The number of piperidine rings is 1. The zero-order valence-electron chi connectivity index (χ0n) is 20.1. The highest BCUT2D eigenvalue weighted by molar-refractivity contribution is 6.31. The van der Waals surface area contributed by atoms with Crippen LogP contribution in [0.2, 0.25) is 5.02 Å². The van der Waals surface area contributed by atoms with Gasteiger partial charge in [-0.3, -0.25) is 9.59 Å². The molecule has 0 aromatic heterocycles. The van der Waals surface area contributed by atoms with Crippen molar-refractivity contribution in [2.45, 2.75) is 76.0 Å². The average molecular weight is 480 g/mol. The number of nitrogens with zero attached hydrogens (tertiary/aromatic N) is 1. The van der Waals surface area contributed by atoms with Crippen LogP contribution in [0.3, 0.4) is 0 Å². The summed E-state index contributed by atoms with van der Waals surface area (Å²) >= 11 is 6.81. The summed E-state index contributed by atoms with van der Waals surface area (Å²) in [6, 6.07) is 2.02. The minimum Gasteiger partial charge on any atom is -0.493 e. The van der Waals surface area contributed by atoms with Crippen molar-refractivity contribution < 1.29 is 28.5 Å². The second kappa shape index (κ2) is 9.43. The van der Waals surface area contributed by atoms with Gasteiger partial charge in [0.15, 0.2) is 11.5 Å². The Bertz CT molecular complexity index is 936. The van der Waals surface area contributed by atoms with Gasteiger partial charge in [-0.2, -0.15) is 0 Å². The monoisotopic (exact) mass is 479 g/mol. The number of fused-ring (bicyclic) bond motifs is 1. The zero-order chi connectivity index (χ0) is 23.9. The molecule has 7 nitrogen and oxygen atoms in total. The third kappa shape index (κ3) is 4.02. The van der Waals surface area contributed by atoms with Crippen LogP contribution in [-0.4, -0.2) is 62.9 Å². The number of carbonyl (C=O) groups is 2. The average Bonchev–Trinajstić information content (AvgIpc) is 2.81. The predicted molar refractivity (Wildman–Crippen MR) is 124 cm³/mol. The molecule has 0 amide bonds. The Hall–Kier alpha value is -1.83. The second-order valence-corrected chi connectivity index (χ2v) is 9.84. The van der Waals surface area contributed by atoms with E-state index in [-0.39, 0.29) is 47.9 Å². The minimum absolute atomic E-state index is 0.183. The second-order valence-electron chi connectivity index (χ2n) is 9.43. The molecule has 33 heavy (non-hydrogen) atoms. The number of rotatable bonds is 6. The highest BCUT2D eigenvalue weighted by atomic mass is 35.5. The SMILES string of the molecule is CCC(=O)Oc1c(OC)cc(Cl)c2c1[C@]13CCN(C)[C@H](C2)[C@@H]1C[C@@H](OC)[C@@H](OC(=O)CC)C3. The van der Waals surface area contributed by atoms with E-state index in [0.29, 0.717) is 29.4 Å². The lowest BCUT2D eigenvalue weighted by Gasteiger charge is -2.60. The number of hydrogen-bond donors (Lipinski definition) is 0. The zero-order valence-corrected chi connectivity index (χ0v) is 20.9. The van der Waals surface area contributed by atoms with E-state index in [9.17, 15) is 9.59 Å². The summed E-state index contributed by atoms with van der Waals surface area (Å²) in [5.41, 5.74) is 1.59. The van der Waals surface area contributed by atoms with Crippen molar-refractivity contribution in [3.8, 4) is 11.5 Å². The van der Waals surface area contributed by atoms with Crippen molar-refractivity contribution >= 4 is 23.5 Å². The van der Waals surface area contributed by atoms with Crippen LogP contribution in [-0.2, 0) is 30.9 Å². The predicted octanol–water partition coefficient (Wildman–Crippen LogP) is 3.91. The molecule has 3 aliphatic rings. The number of ether oxygens (including phenoxy) is 4. The van der Waals surface area contributed by atoms with Gasteiger partial charge in [0.1, 0.15) is 6.10 Å². The molecule has 5 atom stereocenters. The molecule has 8 heteroatoms. The lowest BCUT2D eigenvalue weighted by Crippen LogP contribution is -2.64. The first kappa shape index (κ1) is 24.3. The number of hydrogen-bond acceptors (Lipinski definition) is 7. The van der Waals surface area contributed by atoms with Crippen molar-refractivity contribution in [1.29, 1.82) is 0 Å². The summed E-state index contributed by atoms with van der Waals surface area (Å²) < 4.78 is 23.3. The number of methoxy groups -OCH3 is 2. The fourth-order valence-corrected chi connectivity index (χ4v) is 6.55. The van der Waals surface area contributed by atoms with Gasteiger partial charge in [0.05, 0.1) is 13.2 Å². The molecule has 1 aromatic carbocycles. The molecule has 0 unspecified atom stereocenters. The number of halogens is 1. The Labute approximate surface area is 200 Å². The van der Waals surface area contributed by atoms with Crippen LogP contribution in [0.5, 0.6) is 11.5 Å². The van der Waals surface area contributed by atoms with Gasteiger partial charge in [-0.25, -0.2) is 0 Å². The smallest absolute Gasteiger partial charge is 0.311 e. The highest BCUT2D eigenvalue weighted by Crippen LogP contribution is 2.61. The third-order valence-electron chi connectivity index (χ3n) is 7.93. The Morgan fingerprint density at radius 1 is 1.18 bits per heavy atom. The van der Waals surface area contributed by atoms with Crippen molar-refractivity contribution in [2.75, 3.05) is 27.8 Å². The Balaban J connectivity index is 1.92. The van der Waals surface area contributed by atoms with E-state index in [1.54, 1.807) is 34.1 Å². The van der Waals surface area contributed by atoms with E-state index in [2.05, 4.69) is 11.9 Å². The lowest BCUT2D eigenvalue weighted by atomic mass is 9.51. The highest BCUT2D eigenvalue weighted by Gasteiger charge is 2.60. The molecule has 1 saturated carbocycles. The van der Waals surface area contributed by atoms with Crippen molar-refractivity contribution in [3.63, 3.8) is 0 Å². The van der Waals surface area contributed by atoms with Gasteiger partial charge in [-0.1, -0.05) is 25.4 Å².